The molecule has 1 aliphatic rings. The molecule has 0 amide bonds. The first kappa shape index (κ1) is 5.41. The van der Waals surface area contributed by atoms with Crippen LogP contribution in [-0.2, 0) is 0 Å². The molecule has 42 valence electrons. The Morgan fingerprint density at radius 3 is 3.00 bits per heavy atom. The van der Waals surface area contributed by atoms with Gasteiger partial charge in [0.2, 0.25) is 0 Å². The van der Waals surface area contributed by atoms with E-state index in [0.717, 1.165) is 19.0 Å². The molecule has 0 spiro atoms. The van der Waals surface area contributed by atoms with Gasteiger partial charge in [-0.15, -0.1) is 11.8 Å². The second kappa shape index (κ2) is 2.55. The molecule has 3 heteroatoms. The minimum Gasteiger partial charge on any atom is -0.329 e. The fourth-order valence-electron chi connectivity index (χ4n) is 0.607. The molecule has 0 aromatic rings. The molecule has 0 aromatic carbocycles. The minimum absolute atomic E-state index is 0.681. The van der Waals surface area contributed by atoms with E-state index < -0.39 is 0 Å². The van der Waals surface area contributed by atoms with Crippen molar-refractivity contribution in [3.05, 3.63) is 0 Å². The predicted octanol–water partition coefficient (Wildman–Crippen LogP) is -0.392. The number of nitrogens with one attached hydrogen (secondary N) is 1. The van der Waals surface area contributed by atoms with Crippen molar-refractivity contribution in [1.29, 1.82) is 0 Å². The van der Waals surface area contributed by atoms with Crippen LogP contribution >= 0.6 is 11.8 Å². The molecule has 0 bridgehead atoms. The highest BCUT2D eigenvalue weighted by Gasteiger charge is 2.11. The molecule has 1 saturated heterocycles. The zero-order chi connectivity index (χ0) is 5.11. The van der Waals surface area contributed by atoms with Crippen molar-refractivity contribution in [2.75, 3.05) is 19.0 Å². The van der Waals surface area contributed by atoms with Crippen LogP contribution in [0.25, 0.3) is 0 Å². The van der Waals surface area contributed by atoms with Gasteiger partial charge in [-0.2, -0.15) is 0 Å². The third-order valence-corrected chi connectivity index (χ3v) is 2.26. The number of hydrogen-bond acceptors (Lipinski definition) is 3. The second-order valence-corrected chi connectivity index (χ2v) is 2.91. The zero-order valence-electron chi connectivity index (χ0n) is 4.18. The molecule has 0 aromatic heterocycles. The predicted molar refractivity (Wildman–Crippen MR) is 33.3 cm³/mol. The summed E-state index contributed by atoms with van der Waals surface area (Å²) in [5.41, 5.74) is 5.37. The van der Waals surface area contributed by atoms with Gasteiger partial charge in [0.05, 0.1) is 0 Å². The maximum Gasteiger partial charge on any atom is 0.0421 e. The molecule has 1 rings (SSSR count). The van der Waals surface area contributed by atoms with Crippen LogP contribution < -0.4 is 11.1 Å². The van der Waals surface area contributed by atoms with E-state index >= 15 is 0 Å². The van der Waals surface area contributed by atoms with Crippen LogP contribution in [0.5, 0.6) is 0 Å². The zero-order valence-corrected chi connectivity index (χ0v) is 5.00. The highest BCUT2D eigenvalue weighted by molar-refractivity contribution is 8.00. The lowest BCUT2D eigenvalue weighted by Crippen LogP contribution is -2.20. The smallest absolute Gasteiger partial charge is 0.0421 e. The molecule has 2 nitrogen and oxygen atoms in total. The second-order valence-electron chi connectivity index (χ2n) is 1.62. The summed E-state index contributed by atoms with van der Waals surface area (Å²) in [6, 6.07) is 0. The van der Waals surface area contributed by atoms with E-state index in [9.17, 15) is 0 Å². The van der Waals surface area contributed by atoms with E-state index in [1.165, 1.54) is 0 Å². The number of thioether (sulfide) groups is 1. The normalized spacial score (nSPS) is 31.3. The minimum atomic E-state index is 0.681. The summed E-state index contributed by atoms with van der Waals surface area (Å²) >= 11 is 1.91. The van der Waals surface area contributed by atoms with E-state index in [-0.39, 0.29) is 0 Å². The average Bonchev–Trinajstić information content (AvgIpc) is 2.14. The van der Waals surface area contributed by atoms with E-state index in [4.69, 9.17) is 5.73 Å². The first-order valence-electron chi connectivity index (χ1n) is 2.46. The van der Waals surface area contributed by atoms with Gasteiger partial charge in [0.15, 0.2) is 0 Å². The maximum absolute atomic E-state index is 5.37. The maximum atomic E-state index is 5.37. The van der Waals surface area contributed by atoms with E-state index in [1.54, 1.807) is 0 Å². The van der Waals surface area contributed by atoms with Crippen molar-refractivity contribution >= 4 is 11.8 Å². The van der Waals surface area contributed by atoms with Crippen LogP contribution in [0.1, 0.15) is 0 Å². The summed E-state index contributed by atoms with van der Waals surface area (Å²) in [7, 11) is 0. The lowest BCUT2D eigenvalue weighted by molar-refractivity contribution is 0.776. The average molecular weight is 118 g/mol. The highest BCUT2D eigenvalue weighted by atomic mass is 32.2. The Bertz CT molecular complexity index is 51.7. The van der Waals surface area contributed by atoms with Gasteiger partial charge >= 0.3 is 0 Å². The van der Waals surface area contributed by atoms with Gasteiger partial charge in [-0.3, -0.25) is 0 Å². The fourth-order valence-corrected chi connectivity index (χ4v) is 1.45. The third kappa shape index (κ3) is 1.33. The first-order chi connectivity index (χ1) is 3.43. The van der Waals surface area contributed by atoms with Crippen molar-refractivity contribution in [3.63, 3.8) is 0 Å². The molecule has 0 aliphatic carbocycles. The van der Waals surface area contributed by atoms with Crippen molar-refractivity contribution in [3.8, 4) is 0 Å². The molecule has 3 N–H and O–H groups in total. The van der Waals surface area contributed by atoms with E-state index in [2.05, 4.69) is 5.32 Å². The van der Waals surface area contributed by atoms with Crippen LogP contribution in [0.3, 0.4) is 0 Å². The van der Waals surface area contributed by atoms with Crippen LogP contribution in [0.2, 0.25) is 0 Å². The first-order valence-corrected chi connectivity index (χ1v) is 3.50. The Morgan fingerprint density at radius 1 is 1.86 bits per heavy atom. The molecular weight excluding hydrogens is 108 g/mol. The van der Waals surface area contributed by atoms with Crippen molar-refractivity contribution in [2.45, 2.75) is 5.25 Å². The van der Waals surface area contributed by atoms with Crippen LogP contribution in [0.15, 0.2) is 0 Å². The molecule has 0 radical (unpaired) electrons. The van der Waals surface area contributed by atoms with Gasteiger partial charge in [0.25, 0.3) is 0 Å². The van der Waals surface area contributed by atoms with Gasteiger partial charge in [-0.05, 0) is 0 Å². The standard InChI is InChI=1S/C4H10N2S/c5-1-4-2-6-3-7-4/h4,6H,1-3,5H2. The Labute approximate surface area is 47.8 Å². The van der Waals surface area contributed by atoms with Gasteiger partial charge in [-0.1, -0.05) is 0 Å². The summed E-state index contributed by atoms with van der Waals surface area (Å²) in [5.74, 6) is 1.09. The summed E-state index contributed by atoms with van der Waals surface area (Å²) in [5, 5.41) is 3.89. The van der Waals surface area contributed by atoms with Crippen LogP contribution in [0, 0.1) is 0 Å². The monoisotopic (exact) mass is 118 g/mol. The van der Waals surface area contributed by atoms with Gasteiger partial charge in [0.1, 0.15) is 0 Å². The summed E-state index contributed by atoms with van der Waals surface area (Å²) in [6.07, 6.45) is 0. The fraction of sp³-hybridized carbons (Fsp3) is 1.00. The van der Waals surface area contributed by atoms with Crippen LogP contribution in [0.4, 0.5) is 0 Å². The Kier molecular flexibility index (Phi) is 1.97. The molecule has 1 heterocycles. The largest absolute Gasteiger partial charge is 0.329 e. The quantitative estimate of drug-likeness (QED) is 0.492. The van der Waals surface area contributed by atoms with Gasteiger partial charge in [-0.25, -0.2) is 0 Å². The molecule has 1 fully saturated rings. The van der Waals surface area contributed by atoms with Crippen molar-refractivity contribution in [2.24, 2.45) is 5.73 Å². The SMILES string of the molecule is NCC1CNCS1. The van der Waals surface area contributed by atoms with Crippen molar-refractivity contribution in [1.82, 2.24) is 5.32 Å². The topological polar surface area (TPSA) is 38.0 Å². The molecular formula is C4H10N2S. The van der Waals surface area contributed by atoms with Crippen molar-refractivity contribution < 1.29 is 0 Å². The molecule has 1 aliphatic heterocycles. The van der Waals surface area contributed by atoms with Crippen LogP contribution in [-0.4, -0.2) is 24.2 Å². The van der Waals surface area contributed by atoms with Gasteiger partial charge < -0.3 is 11.1 Å². The summed E-state index contributed by atoms with van der Waals surface area (Å²) in [6.45, 7) is 1.92. The molecule has 7 heavy (non-hydrogen) atoms. The molecule has 0 saturated carbocycles. The molecule has 1 unspecified atom stereocenters. The Morgan fingerprint density at radius 2 is 2.71 bits per heavy atom. The van der Waals surface area contributed by atoms with Gasteiger partial charge in [0, 0.05) is 24.2 Å². The highest BCUT2D eigenvalue weighted by Crippen LogP contribution is 2.11. The summed E-state index contributed by atoms with van der Waals surface area (Å²) < 4.78 is 0. The number of nitrogens with two attached hydrogens (primary N) is 1. The van der Waals surface area contributed by atoms with E-state index in [0.29, 0.717) is 5.25 Å². The third-order valence-electron chi connectivity index (χ3n) is 1.06. The summed E-state index contributed by atoms with van der Waals surface area (Å²) in [4.78, 5) is 0. The lowest BCUT2D eigenvalue weighted by Gasteiger charge is -1.98. The van der Waals surface area contributed by atoms with E-state index in [1.807, 2.05) is 11.8 Å². The number of hydrogen-bond donors (Lipinski definition) is 2. The Hall–Kier alpha value is 0.270. The lowest BCUT2D eigenvalue weighted by atomic mass is 10.4. The molecule has 1 atom stereocenters. The Balaban J connectivity index is 2.14. The number of rotatable bonds is 1.